The summed E-state index contributed by atoms with van der Waals surface area (Å²) in [4.78, 5) is 14.7. The maximum atomic E-state index is 5.78. The highest BCUT2D eigenvalue weighted by atomic mass is 15.2. The first-order valence-electron chi connectivity index (χ1n) is 5.78. The van der Waals surface area contributed by atoms with E-state index >= 15 is 0 Å². The largest absolute Gasteiger partial charge is 0.383 e. The molecule has 2 aromatic heterocycles. The molecule has 0 atom stereocenters. The average molecular weight is 243 g/mol. The number of hydrogen-bond acceptors (Lipinski definition) is 5. The van der Waals surface area contributed by atoms with Crippen molar-refractivity contribution in [3.8, 4) is 0 Å². The molecule has 2 heterocycles. The van der Waals surface area contributed by atoms with Crippen LogP contribution in [0.3, 0.4) is 0 Å². The minimum Gasteiger partial charge on any atom is -0.383 e. The molecule has 0 unspecified atom stereocenters. The molecule has 0 aliphatic rings. The van der Waals surface area contributed by atoms with Crippen molar-refractivity contribution in [2.45, 2.75) is 20.4 Å². The lowest BCUT2D eigenvalue weighted by Gasteiger charge is -2.20. The van der Waals surface area contributed by atoms with Gasteiger partial charge in [0, 0.05) is 18.3 Å². The summed E-state index contributed by atoms with van der Waals surface area (Å²) in [6, 6.07) is 5.99. The van der Waals surface area contributed by atoms with E-state index in [0.29, 0.717) is 12.4 Å². The highest BCUT2D eigenvalue weighted by molar-refractivity contribution is 5.55. The van der Waals surface area contributed by atoms with Crippen LogP contribution in [0.15, 0.2) is 24.5 Å². The van der Waals surface area contributed by atoms with Crippen LogP contribution in [-0.4, -0.2) is 22.0 Å². The summed E-state index contributed by atoms with van der Waals surface area (Å²) >= 11 is 0. The summed E-state index contributed by atoms with van der Waals surface area (Å²) < 4.78 is 0. The van der Waals surface area contributed by atoms with Crippen LogP contribution in [-0.2, 0) is 6.54 Å². The molecule has 0 saturated heterocycles. The van der Waals surface area contributed by atoms with Gasteiger partial charge in [0.1, 0.15) is 18.0 Å². The van der Waals surface area contributed by atoms with E-state index in [4.69, 9.17) is 5.73 Å². The van der Waals surface area contributed by atoms with Gasteiger partial charge in [0.05, 0.1) is 12.2 Å². The maximum Gasteiger partial charge on any atom is 0.137 e. The summed E-state index contributed by atoms with van der Waals surface area (Å²) in [5.74, 6) is 1.36. The molecule has 0 bridgehead atoms. The summed E-state index contributed by atoms with van der Waals surface area (Å²) in [6.45, 7) is 4.60. The Balaban J connectivity index is 2.22. The Morgan fingerprint density at radius 2 is 2.00 bits per heavy atom. The molecule has 5 heteroatoms. The first-order chi connectivity index (χ1) is 8.58. The summed E-state index contributed by atoms with van der Waals surface area (Å²) in [7, 11) is 1.97. The van der Waals surface area contributed by atoms with Crippen molar-refractivity contribution in [1.82, 2.24) is 15.0 Å². The van der Waals surface area contributed by atoms with Gasteiger partial charge in [-0.25, -0.2) is 9.97 Å². The van der Waals surface area contributed by atoms with Crippen molar-refractivity contribution >= 4 is 11.6 Å². The molecule has 0 fully saturated rings. The lowest BCUT2D eigenvalue weighted by molar-refractivity contribution is 0.849. The molecular weight excluding hydrogens is 226 g/mol. The van der Waals surface area contributed by atoms with E-state index in [2.05, 4.69) is 15.0 Å². The number of rotatable bonds is 3. The van der Waals surface area contributed by atoms with Crippen LogP contribution in [0.2, 0.25) is 0 Å². The Morgan fingerprint density at radius 1 is 1.22 bits per heavy atom. The summed E-state index contributed by atoms with van der Waals surface area (Å²) in [5.41, 5.74) is 8.70. The zero-order valence-corrected chi connectivity index (χ0v) is 10.9. The number of hydrogen-bond donors (Lipinski definition) is 1. The van der Waals surface area contributed by atoms with Crippen molar-refractivity contribution in [2.75, 3.05) is 17.7 Å². The number of aryl methyl sites for hydroxylation is 1. The summed E-state index contributed by atoms with van der Waals surface area (Å²) in [5, 5.41) is 0. The molecule has 0 aliphatic carbocycles. The fourth-order valence-corrected chi connectivity index (χ4v) is 1.84. The van der Waals surface area contributed by atoms with Gasteiger partial charge in [-0.15, -0.1) is 0 Å². The number of pyridine rings is 1. The van der Waals surface area contributed by atoms with Crippen LogP contribution in [0.4, 0.5) is 11.6 Å². The predicted octanol–water partition coefficient (Wildman–Crippen LogP) is 1.71. The minimum absolute atomic E-state index is 0.518. The number of aromatic nitrogens is 3. The molecule has 18 heavy (non-hydrogen) atoms. The Morgan fingerprint density at radius 3 is 2.72 bits per heavy atom. The van der Waals surface area contributed by atoms with Crippen molar-refractivity contribution in [1.29, 1.82) is 0 Å². The fraction of sp³-hybridized carbons (Fsp3) is 0.308. The number of nitrogen functional groups attached to an aromatic ring is 1. The van der Waals surface area contributed by atoms with Gasteiger partial charge >= 0.3 is 0 Å². The Labute approximate surface area is 107 Å². The Hall–Kier alpha value is -2.17. The molecule has 0 aromatic carbocycles. The van der Waals surface area contributed by atoms with E-state index in [-0.39, 0.29) is 0 Å². The maximum absolute atomic E-state index is 5.78. The molecule has 2 rings (SSSR count). The Kier molecular flexibility index (Phi) is 3.41. The number of nitrogens with two attached hydrogens (primary N) is 1. The smallest absolute Gasteiger partial charge is 0.137 e. The van der Waals surface area contributed by atoms with Gasteiger partial charge < -0.3 is 10.6 Å². The predicted molar refractivity (Wildman–Crippen MR) is 72.3 cm³/mol. The van der Waals surface area contributed by atoms with Crippen LogP contribution in [0, 0.1) is 13.8 Å². The molecule has 2 aromatic rings. The second-order valence-corrected chi connectivity index (χ2v) is 4.33. The minimum atomic E-state index is 0.518. The quantitative estimate of drug-likeness (QED) is 0.888. The van der Waals surface area contributed by atoms with Crippen LogP contribution in [0.25, 0.3) is 0 Å². The second-order valence-electron chi connectivity index (χ2n) is 4.33. The Bertz CT molecular complexity index is 553. The van der Waals surface area contributed by atoms with Gasteiger partial charge in [-0.2, -0.15) is 0 Å². The lowest BCUT2D eigenvalue weighted by atomic mass is 10.2. The third kappa shape index (κ3) is 2.56. The average Bonchev–Trinajstić information content (AvgIpc) is 2.32. The van der Waals surface area contributed by atoms with E-state index in [0.717, 1.165) is 22.8 Å². The van der Waals surface area contributed by atoms with Gasteiger partial charge in [0.15, 0.2) is 0 Å². The van der Waals surface area contributed by atoms with Crippen LogP contribution >= 0.6 is 0 Å². The molecular formula is C13H17N5. The van der Waals surface area contributed by atoms with Gasteiger partial charge in [0.25, 0.3) is 0 Å². The van der Waals surface area contributed by atoms with Crippen molar-refractivity contribution in [2.24, 2.45) is 0 Å². The molecule has 0 spiro atoms. The van der Waals surface area contributed by atoms with Gasteiger partial charge in [-0.1, -0.05) is 6.07 Å². The van der Waals surface area contributed by atoms with E-state index < -0.39 is 0 Å². The van der Waals surface area contributed by atoms with Crippen molar-refractivity contribution < 1.29 is 0 Å². The van der Waals surface area contributed by atoms with Crippen LogP contribution in [0.5, 0.6) is 0 Å². The lowest BCUT2D eigenvalue weighted by Crippen LogP contribution is -2.20. The molecule has 94 valence electrons. The van der Waals surface area contributed by atoms with E-state index in [1.165, 1.54) is 6.33 Å². The highest BCUT2D eigenvalue weighted by Gasteiger charge is 2.10. The zero-order valence-electron chi connectivity index (χ0n) is 10.9. The van der Waals surface area contributed by atoms with Crippen LogP contribution in [0.1, 0.15) is 17.0 Å². The van der Waals surface area contributed by atoms with Crippen molar-refractivity contribution in [3.05, 3.63) is 41.5 Å². The van der Waals surface area contributed by atoms with Crippen LogP contribution < -0.4 is 10.6 Å². The molecule has 0 radical (unpaired) electrons. The van der Waals surface area contributed by atoms with Gasteiger partial charge in [-0.3, -0.25) is 4.98 Å². The molecule has 0 aliphatic heterocycles. The fourth-order valence-electron chi connectivity index (χ4n) is 1.84. The third-order valence-corrected chi connectivity index (χ3v) is 2.80. The normalized spacial score (nSPS) is 10.4. The zero-order chi connectivity index (χ0) is 13.1. The number of anilines is 2. The number of nitrogens with zero attached hydrogens (tertiary/aromatic N) is 4. The second kappa shape index (κ2) is 5.00. The topological polar surface area (TPSA) is 67.9 Å². The van der Waals surface area contributed by atoms with Gasteiger partial charge in [-0.05, 0) is 26.0 Å². The van der Waals surface area contributed by atoms with E-state index in [9.17, 15) is 0 Å². The summed E-state index contributed by atoms with van der Waals surface area (Å²) in [6.07, 6.45) is 1.48. The molecule has 0 saturated carbocycles. The van der Waals surface area contributed by atoms with Gasteiger partial charge in [0.2, 0.25) is 0 Å². The first kappa shape index (κ1) is 12.3. The van der Waals surface area contributed by atoms with E-state index in [1.54, 1.807) is 0 Å². The molecule has 2 N–H and O–H groups in total. The molecule has 0 amide bonds. The van der Waals surface area contributed by atoms with Crippen molar-refractivity contribution in [3.63, 3.8) is 0 Å². The first-order valence-corrected chi connectivity index (χ1v) is 5.78. The SMILES string of the molecule is Cc1cccc(CN(C)c2ncnc(N)c2C)n1. The highest BCUT2D eigenvalue weighted by Crippen LogP contribution is 2.19. The standard InChI is InChI=1S/C13H17N5/c1-9-5-4-6-11(17-9)7-18(3)13-10(2)12(14)15-8-16-13/h4-6,8H,7H2,1-3H3,(H2,14,15,16). The third-order valence-electron chi connectivity index (χ3n) is 2.80. The van der Waals surface area contributed by atoms with E-state index in [1.807, 2.05) is 44.0 Å². The molecule has 5 nitrogen and oxygen atoms in total. The monoisotopic (exact) mass is 243 g/mol.